The van der Waals surface area contributed by atoms with E-state index in [1.807, 2.05) is 13.0 Å². The maximum absolute atomic E-state index is 12.3. The summed E-state index contributed by atoms with van der Waals surface area (Å²) >= 11 is 16.8. The molecule has 2 aromatic rings. The molecule has 0 unspecified atom stereocenters. The molecule has 1 heterocycles. The molecule has 1 fully saturated rings. The largest absolute Gasteiger partial charge is 0.479 e. The number of hydrogen-bond acceptors (Lipinski definition) is 5. The van der Waals surface area contributed by atoms with Gasteiger partial charge in [0.05, 0.1) is 20.1 Å². The number of amidine groups is 1. The van der Waals surface area contributed by atoms with Crippen LogP contribution in [0.25, 0.3) is 6.08 Å². The molecule has 10 heteroatoms. The molecule has 0 bridgehead atoms. The Kier molecular flexibility index (Phi) is 6.89. The van der Waals surface area contributed by atoms with E-state index in [0.29, 0.717) is 30.8 Å². The molecule has 0 atom stereocenters. The van der Waals surface area contributed by atoms with Gasteiger partial charge in [-0.2, -0.15) is 0 Å². The molecular formula is C19H13BrCl2N2O4S. The first-order valence-electron chi connectivity index (χ1n) is 8.13. The number of ether oxygens (including phenoxy) is 1. The minimum atomic E-state index is -1.11. The van der Waals surface area contributed by atoms with Crippen LogP contribution in [0, 0.1) is 6.92 Å². The van der Waals surface area contributed by atoms with Crippen molar-refractivity contribution in [2.75, 3.05) is 6.61 Å². The normalized spacial score (nSPS) is 16.3. The second kappa shape index (κ2) is 9.21. The Labute approximate surface area is 189 Å². The summed E-state index contributed by atoms with van der Waals surface area (Å²) in [7, 11) is 0. The number of halogens is 3. The molecule has 150 valence electrons. The summed E-state index contributed by atoms with van der Waals surface area (Å²) in [6.07, 6.45) is 1.66. The number of amides is 1. The van der Waals surface area contributed by atoms with Crippen molar-refractivity contribution in [3.05, 3.63) is 60.9 Å². The Morgan fingerprint density at radius 2 is 2.10 bits per heavy atom. The fourth-order valence-corrected chi connectivity index (χ4v) is 4.39. The molecule has 3 rings (SSSR count). The molecular weight excluding hydrogens is 503 g/mol. The van der Waals surface area contributed by atoms with Gasteiger partial charge in [0.25, 0.3) is 5.91 Å². The van der Waals surface area contributed by atoms with E-state index in [9.17, 15) is 9.59 Å². The van der Waals surface area contributed by atoms with Gasteiger partial charge in [-0.3, -0.25) is 4.79 Å². The molecule has 2 aromatic carbocycles. The Balaban J connectivity index is 1.84. The molecule has 0 aromatic heterocycles. The zero-order chi connectivity index (χ0) is 21.1. The van der Waals surface area contributed by atoms with Crippen LogP contribution in [0.5, 0.6) is 5.75 Å². The van der Waals surface area contributed by atoms with Gasteiger partial charge in [-0.1, -0.05) is 29.3 Å². The minimum Gasteiger partial charge on any atom is -0.479 e. The molecule has 0 saturated carbocycles. The molecule has 0 spiro atoms. The first kappa shape index (κ1) is 21.7. The number of carboxylic acids is 1. The number of carbonyl (C=O) groups excluding carboxylic acids is 1. The summed E-state index contributed by atoms with van der Waals surface area (Å²) in [5, 5.41) is 12.7. The van der Waals surface area contributed by atoms with Crippen molar-refractivity contribution in [2.24, 2.45) is 4.99 Å². The van der Waals surface area contributed by atoms with Crippen molar-refractivity contribution in [1.29, 1.82) is 0 Å². The number of nitrogens with zero attached hydrogens (tertiary/aromatic N) is 1. The lowest BCUT2D eigenvalue weighted by molar-refractivity contribution is -0.139. The number of hydrogen-bond donors (Lipinski definition) is 2. The first-order chi connectivity index (χ1) is 13.7. The van der Waals surface area contributed by atoms with Crippen LogP contribution in [0.15, 0.2) is 44.7 Å². The van der Waals surface area contributed by atoms with Crippen LogP contribution in [0.2, 0.25) is 10.0 Å². The first-order valence-corrected chi connectivity index (χ1v) is 10.5. The number of aliphatic carboxylic acids is 1. The Morgan fingerprint density at radius 1 is 1.34 bits per heavy atom. The number of carboxylic acid groups (broad SMARTS) is 1. The summed E-state index contributed by atoms with van der Waals surface area (Å²) in [4.78, 5) is 27.9. The van der Waals surface area contributed by atoms with Crippen molar-refractivity contribution in [1.82, 2.24) is 5.32 Å². The molecule has 1 amide bonds. The van der Waals surface area contributed by atoms with Crippen LogP contribution in [-0.4, -0.2) is 28.8 Å². The number of thioether (sulfide) groups is 1. The van der Waals surface area contributed by atoms with Gasteiger partial charge in [0.1, 0.15) is 0 Å². The highest BCUT2D eigenvalue weighted by Crippen LogP contribution is 2.37. The third-order valence-corrected chi connectivity index (χ3v) is 5.96. The minimum absolute atomic E-state index is 0.221. The predicted octanol–water partition coefficient (Wildman–Crippen LogP) is 5.42. The van der Waals surface area contributed by atoms with E-state index in [1.54, 1.807) is 30.3 Å². The molecule has 6 nitrogen and oxygen atoms in total. The Bertz CT molecular complexity index is 1050. The van der Waals surface area contributed by atoms with E-state index in [4.69, 9.17) is 33.0 Å². The molecule has 1 aliphatic rings. The average Bonchev–Trinajstić information content (AvgIpc) is 2.97. The van der Waals surface area contributed by atoms with E-state index in [1.165, 1.54) is 11.8 Å². The molecule has 0 aliphatic carbocycles. The van der Waals surface area contributed by atoms with Crippen molar-refractivity contribution < 1.29 is 19.4 Å². The second-order valence-corrected chi connectivity index (χ2v) is 8.56. The summed E-state index contributed by atoms with van der Waals surface area (Å²) in [6.45, 7) is 1.34. The predicted molar refractivity (Wildman–Crippen MR) is 119 cm³/mol. The monoisotopic (exact) mass is 514 g/mol. The quantitative estimate of drug-likeness (QED) is 0.519. The highest BCUT2D eigenvalue weighted by atomic mass is 79.9. The van der Waals surface area contributed by atoms with Gasteiger partial charge in [-0.05, 0) is 76.1 Å². The number of rotatable bonds is 5. The van der Waals surface area contributed by atoms with Crippen molar-refractivity contribution in [3.8, 4) is 5.75 Å². The van der Waals surface area contributed by atoms with Gasteiger partial charge < -0.3 is 15.2 Å². The maximum Gasteiger partial charge on any atom is 0.341 e. The van der Waals surface area contributed by atoms with Crippen molar-refractivity contribution >= 4 is 79.7 Å². The van der Waals surface area contributed by atoms with Crippen LogP contribution in [0.4, 0.5) is 5.69 Å². The van der Waals surface area contributed by atoms with Crippen LogP contribution in [0.3, 0.4) is 0 Å². The van der Waals surface area contributed by atoms with E-state index < -0.39 is 12.6 Å². The molecule has 2 N–H and O–H groups in total. The summed E-state index contributed by atoms with van der Waals surface area (Å²) in [5.41, 5.74) is 2.14. The summed E-state index contributed by atoms with van der Waals surface area (Å²) < 4.78 is 5.64. The Hall–Kier alpha value is -2.00. The lowest BCUT2D eigenvalue weighted by Crippen LogP contribution is -2.19. The van der Waals surface area contributed by atoms with Gasteiger partial charge in [0, 0.05) is 5.02 Å². The lowest BCUT2D eigenvalue weighted by Gasteiger charge is -2.09. The molecule has 1 aliphatic heterocycles. The Morgan fingerprint density at radius 3 is 2.79 bits per heavy atom. The third-order valence-electron chi connectivity index (χ3n) is 3.77. The van der Waals surface area contributed by atoms with Gasteiger partial charge in [-0.15, -0.1) is 0 Å². The fourth-order valence-electron chi connectivity index (χ4n) is 2.39. The zero-order valence-corrected chi connectivity index (χ0v) is 18.7. The van der Waals surface area contributed by atoms with Crippen LogP contribution < -0.4 is 10.1 Å². The molecule has 1 saturated heterocycles. The highest BCUT2D eigenvalue weighted by Gasteiger charge is 2.24. The van der Waals surface area contributed by atoms with Crippen LogP contribution in [-0.2, 0) is 9.59 Å². The molecule has 0 radical (unpaired) electrons. The fraction of sp³-hybridized carbons (Fsp3) is 0.105. The molecule has 29 heavy (non-hydrogen) atoms. The maximum atomic E-state index is 12.3. The van der Waals surface area contributed by atoms with Crippen molar-refractivity contribution in [2.45, 2.75) is 6.92 Å². The van der Waals surface area contributed by atoms with Gasteiger partial charge in [0.15, 0.2) is 17.5 Å². The highest BCUT2D eigenvalue weighted by molar-refractivity contribution is 9.10. The van der Waals surface area contributed by atoms with Gasteiger partial charge in [-0.25, -0.2) is 9.79 Å². The SMILES string of the molecule is Cc1c(Cl)cccc1N=C1NC(=O)/C(=C\c2cc(Cl)c(OCC(=O)O)c(Br)c2)S1. The van der Waals surface area contributed by atoms with Gasteiger partial charge >= 0.3 is 5.97 Å². The van der Waals surface area contributed by atoms with Gasteiger partial charge in [0.2, 0.25) is 0 Å². The topological polar surface area (TPSA) is 88.0 Å². The summed E-state index contributed by atoms with van der Waals surface area (Å²) in [6, 6.07) is 8.65. The summed E-state index contributed by atoms with van der Waals surface area (Å²) in [5.74, 6) is -1.18. The van der Waals surface area contributed by atoms with E-state index in [0.717, 1.165) is 5.56 Å². The average molecular weight is 516 g/mol. The number of nitrogens with one attached hydrogen (secondary N) is 1. The number of benzene rings is 2. The smallest absolute Gasteiger partial charge is 0.341 e. The number of carbonyl (C=O) groups is 2. The standard InChI is InChI=1S/C19H13BrCl2N2O4S/c1-9-12(21)3-2-4-14(9)23-19-24-18(27)15(29-19)7-10-5-11(20)17(13(22)6-10)28-8-16(25)26/h2-7H,8H2,1H3,(H,25,26)(H,23,24,27)/b15-7+. The number of aliphatic imine (C=N–C) groups is 1. The zero-order valence-electron chi connectivity index (χ0n) is 14.8. The van der Waals surface area contributed by atoms with Crippen LogP contribution >= 0.6 is 50.9 Å². The third kappa shape index (κ3) is 5.33. The van der Waals surface area contributed by atoms with E-state index in [-0.39, 0.29) is 16.7 Å². The lowest BCUT2D eigenvalue weighted by atomic mass is 10.2. The van der Waals surface area contributed by atoms with Crippen LogP contribution in [0.1, 0.15) is 11.1 Å². The van der Waals surface area contributed by atoms with E-state index in [2.05, 4.69) is 26.2 Å². The van der Waals surface area contributed by atoms with Crippen molar-refractivity contribution in [3.63, 3.8) is 0 Å². The second-order valence-electron chi connectivity index (χ2n) is 5.86. The van der Waals surface area contributed by atoms with E-state index >= 15 is 0 Å².